The van der Waals surface area contributed by atoms with E-state index < -0.39 is 11.7 Å². The van der Waals surface area contributed by atoms with Crippen LogP contribution >= 0.6 is 0 Å². The van der Waals surface area contributed by atoms with Crippen molar-refractivity contribution in [3.63, 3.8) is 0 Å². The fourth-order valence-electron chi connectivity index (χ4n) is 1.39. The molecule has 19 heavy (non-hydrogen) atoms. The molecule has 0 fully saturated rings. The van der Waals surface area contributed by atoms with Crippen LogP contribution in [0.5, 0.6) is 0 Å². The van der Waals surface area contributed by atoms with Crippen molar-refractivity contribution in [2.75, 3.05) is 13.6 Å². The molecule has 0 saturated carbocycles. The third-order valence-electron chi connectivity index (χ3n) is 2.38. The number of nitrogens with zero attached hydrogens (tertiary/aromatic N) is 1. The van der Waals surface area contributed by atoms with Gasteiger partial charge in [-0.15, -0.1) is 6.58 Å². The number of nitrogens with one attached hydrogen (secondary N) is 2. The van der Waals surface area contributed by atoms with Gasteiger partial charge in [-0.2, -0.15) is 13.2 Å². The maximum Gasteiger partial charge on any atom is 0.416 e. The fourth-order valence-corrected chi connectivity index (χ4v) is 1.39. The highest BCUT2D eigenvalue weighted by Crippen LogP contribution is 2.28. The smallest absolute Gasteiger partial charge is 0.353 e. The molecular formula is C13H16F3N3. The molecule has 0 heterocycles. The summed E-state index contributed by atoms with van der Waals surface area (Å²) in [6, 6.07) is 5.01. The average Bonchev–Trinajstić information content (AvgIpc) is 2.38. The van der Waals surface area contributed by atoms with E-state index in [2.05, 4.69) is 22.2 Å². The molecule has 3 nitrogen and oxygen atoms in total. The largest absolute Gasteiger partial charge is 0.416 e. The van der Waals surface area contributed by atoms with Crippen molar-refractivity contribution in [2.45, 2.75) is 12.7 Å². The molecule has 0 atom stereocenters. The Morgan fingerprint density at radius 3 is 2.37 bits per heavy atom. The number of benzene rings is 1. The molecule has 0 amide bonds. The molecule has 0 radical (unpaired) electrons. The molecule has 0 bridgehead atoms. The Hall–Kier alpha value is -1.98. The van der Waals surface area contributed by atoms with E-state index in [4.69, 9.17) is 0 Å². The summed E-state index contributed by atoms with van der Waals surface area (Å²) >= 11 is 0. The van der Waals surface area contributed by atoms with Gasteiger partial charge in [-0.3, -0.25) is 4.99 Å². The van der Waals surface area contributed by atoms with Gasteiger partial charge in [0.1, 0.15) is 0 Å². The Morgan fingerprint density at radius 1 is 1.26 bits per heavy atom. The summed E-state index contributed by atoms with van der Waals surface area (Å²) < 4.78 is 37.1. The van der Waals surface area contributed by atoms with Gasteiger partial charge in [-0.1, -0.05) is 18.2 Å². The number of hydrogen-bond donors (Lipinski definition) is 2. The minimum absolute atomic E-state index is 0.398. The second kappa shape index (κ2) is 6.82. The Bertz CT molecular complexity index is 435. The van der Waals surface area contributed by atoms with E-state index in [9.17, 15) is 13.2 Å². The molecule has 6 heteroatoms. The summed E-state index contributed by atoms with van der Waals surface area (Å²) in [5.74, 6) is 0.569. The van der Waals surface area contributed by atoms with Crippen LogP contribution in [-0.2, 0) is 12.7 Å². The van der Waals surface area contributed by atoms with E-state index >= 15 is 0 Å². The number of hydrogen-bond acceptors (Lipinski definition) is 1. The van der Waals surface area contributed by atoms with Crippen LogP contribution in [0.4, 0.5) is 13.2 Å². The third-order valence-corrected chi connectivity index (χ3v) is 2.38. The van der Waals surface area contributed by atoms with E-state index in [0.29, 0.717) is 19.0 Å². The molecule has 0 aliphatic rings. The zero-order chi connectivity index (χ0) is 14.3. The lowest BCUT2D eigenvalue weighted by molar-refractivity contribution is -0.137. The van der Waals surface area contributed by atoms with Crippen molar-refractivity contribution in [2.24, 2.45) is 4.99 Å². The van der Waals surface area contributed by atoms with Gasteiger partial charge >= 0.3 is 6.18 Å². The highest BCUT2D eigenvalue weighted by Gasteiger charge is 2.29. The minimum Gasteiger partial charge on any atom is -0.353 e. The van der Waals surface area contributed by atoms with Crippen LogP contribution in [0.3, 0.4) is 0 Å². The van der Waals surface area contributed by atoms with E-state index in [-0.39, 0.29) is 0 Å². The Kier molecular flexibility index (Phi) is 5.41. The fraction of sp³-hybridized carbons (Fsp3) is 0.308. The van der Waals surface area contributed by atoms with E-state index in [1.807, 2.05) is 0 Å². The highest BCUT2D eigenvalue weighted by atomic mass is 19.4. The quantitative estimate of drug-likeness (QED) is 0.501. The van der Waals surface area contributed by atoms with Crippen molar-refractivity contribution in [3.8, 4) is 0 Å². The van der Waals surface area contributed by atoms with Gasteiger partial charge in [-0.25, -0.2) is 0 Å². The summed E-state index contributed by atoms with van der Waals surface area (Å²) in [6.45, 7) is 4.53. The van der Waals surface area contributed by atoms with Crippen molar-refractivity contribution in [1.29, 1.82) is 0 Å². The molecule has 1 aromatic rings. The molecule has 0 unspecified atom stereocenters. The Morgan fingerprint density at radius 2 is 1.89 bits per heavy atom. The van der Waals surface area contributed by atoms with Crippen LogP contribution in [0.25, 0.3) is 0 Å². The molecule has 0 aliphatic carbocycles. The number of aliphatic imine (C=N–C) groups is 1. The lowest BCUT2D eigenvalue weighted by Gasteiger charge is -2.11. The first-order chi connectivity index (χ1) is 8.97. The lowest BCUT2D eigenvalue weighted by atomic mass is 10.1. The van der Waals surface area contributed by atoms with Gasteiger partial charge < -0.3 is 10.6 Å². The topological polar surface area (TPSA) is 36.4 Å². The van der Waals surface area contributed by atoms with Crippen LogP contribution in [0, 0.1) is 0 Å². The maximum atomic E-state index is 12.4. The normalized spacial score (nSPS) is 12.1. The molecular weight excluding hydrogens is 255 g/mol. The molecule has 2 N–H and O–H groups in total. The van der Waals surface area contributed by atoms with Gasteiger partial charge in [0.25, 0.3) is 0 Å². The zero-order valence-electron chi connectivity index (χ0n) is 10.6. The van der Waals surface area contributed by atoms with Crippen LogP contribution < -0.4 is 10.6 Å². The van der Waals surface area contributed by atoms with Crippen LogP contribution in [0.15, 0.2) is 41.9 Å². The monoisotopic (exact) mass is 271 g/mol. The van der Waals surface area contributed by atoms with Gasteiger partial charge in [0.15, 0.2) is 5.96 Å². The molecule has 0 saturated heterocycles. The molecule has 1 aromatic carbocycles. The molecule has 0 spiro atoms. The Labute approximate surface area is 110 Å². The summed E-state index contributed by atoms with van der Waals surface area (Å²) in [5, 5.41) is 5.95. The summed E-state index contributed by atoms with van der Waals surface area (Å²) in [6.07, 6.45) is -2.61. The van der Waals surface area contributed by atoms with Crippen LogP contribution in [-0.4, -0.2) is 19.6 Å². The van der Waals surface area contributed by atoms with Crippen molar-refractivity contribution in [1.82, 2.24) is 10.6 Å². The highest BCUT2D eigenvalue weighted by molar-refractivity contribution is 5.79. The summed E-state index contributed by atoms with van der Waals surface area (Å²) in [4.78, 5) is 3.96. The van der Waals surface area contributed by atoms with Crippen molar-refractivity contribution in [3.05, 3.63) is 48.0 Å². The predicted molar refractivity (Wildman–Crippen MR) is 69.8 cm³/mol. The second-order valence-corrected chi connectivity index (χ2v) is 3.79. The molecule has 104 valence electrons. The van der Waals surface area contributed by atoms with Gasteiger partial charge in [0.05, 0.1) is 5.56 Å². The second-order valence-electron chi connectivity index (χ2n) is 3.79. The minimum atomic E-state index is -4.30. The predicted octanol–water partition coefficient (Wildman–Crippen LogP) is 2.56. The zero-order valence-corrected chi connectivity index (χ0v) is 10.6. The third kappa shape index (κ3) is 5.03. The van der Waals surface area contributed by atoms with Gasteiger partial charge in [-0.05, 0) is 17.7 Å². The lowest BCUT2D eigenvalue weighted by Crippen LogP contribution is -2.36. The van der Waals surface area contributed by atoms with Crippen LogP contribution in [0.1, 0.15) is 11.1 Å². The SMILES string of the molecule is C=CCNC(=NC)NCc1ccc(C(F)(F)F)cc1. The number of alkyl halides is 3. The standard InChI is InChI=1S/C13H16F3N3/c1-3-8-18-12(17-2)19-9-10-4-6-11(7-5-10)13(14,15)16/h3-7H,1,8-9H2,2H3,(H2,17,18,19). The average molecular weight is 271 g/mol. The maximum absolute atomic E-state index is 12.4. The van der Waals surface area contributed by atoms with Crippen molar-refractivity contribution >= 4 is 5.96 Å². The Balaban J connectivity index is 2.56. The number of halogens is 3. The van der Waals surface area contributed by atoms with Gasteiger partial charge in [0.2, 0.25) is 0 Å². The number of guanidine groups is 1. The van der Waals surface area contributed by atoms with E-state index in [1.165, 1.54) is 12.1 Å². The summed E-state index contributed by atoms with van der Waals surface area (Å²) in [5.41, 5.74) is 0.0972. The molecule has 0 aliphatic heterocycles. The van der Waals surface area contributed by atoms with Gasteiger partial charge in [0, 0.05) is 20.1 Å². The van der Waals surface area contributed by atoms with E-state index in [1.54, 1.807) is 13.1 Å². The first-order valence-corrected chi connectivity index (χ1v) is 5.69. The molecule has 0 aromatic heterocycles. The van der Waals surface area contributed by atoms with E-state index in [0.717, 1.165) is 17.7 Å². The summed E-state index contributed by atoms with van der Waals surface area (Å²) in [7, 11) is 1.62. The first kappa shape index (κ1) is 15.1. The van der Waals surface area contributed by atoms with Crippen LogP contribution in [0.2, 0.25) is 0 Å². The number of rotatable bonds is 4. The molecule has 1 rings (SSSR count). The first-order valence-electron chi connectivity index (χ1n) is 5.69. The van der Waals surface area contributed by atoms with Crippen molar-refractivity contribution < 1.29 is 13.2 Å².